The molecule has 1 atom stereocenters. The highest BCUT2D eigenvalue weighted by atomic mass is 16.1. The van der Waals surface area contributed by atoms with Gasteiger partial charge in [-0.25, -0.2) is 0 Å². The Morgan fingerprint density at radius 3 is 2.80 bits per heavy atom. The van der Waals surface area contributed by atoms with Gasteiger partial charge < -0.3 is 11.1 Å². The van der Waals surface area contributed by atoms with E-state index in [9.17, 15) is 4.79 Å². The van der Waals surface area contributed by atoms with Gasteiger partial charge in [-0.05, 0) is 43.1 Å². The molecular formula is C16H19N3O. The van der Waals surface area contributed by atoms with Crippen molar-refractivity contribution < 1.29 is 4.79 Å². The largest absolute Gasteiger partial charge is 0.345 e. The summed E-state index contributed by atoms with van der Waals surface area (Å²) in [6.45, 7) is 2.48. The maximum atomic E-state index is 12.4. The van der Waals surface area contributed by atoms with Gasteiger partial charge in [0.15, 0.2) is 0 Å². The molecule has 0 aliphatic carbocycles. The van der Waals surface area contributed by atoms with Gasteiger partial charge in [-0.3, -0.25) is 9.78 Å². The lowest BCUT2D eigenvalue weighted by Gasteiger charge is -2.15. The molecule has 3 N–H and O–H groups in total. The maximum absolute atomic E-state index is 12.4. The summed E-state index contributed by atoms with van der Waals surface area (Å²) in [7, 11) is 0. The zero-order chi connectivity index (χ0) is 14.4. The molecular weight excluding hydrogens is 250 g/mol. The Balaban J connectivity index is 2.12. The van der Waals surface area contributed by atoms with Gasteiger partial charge in [-0.15, -0.1) is 0 Å². The second-order valence-electron chi connectivity index (χ2n) is 4.68. The standard InChI is InChI=1S/C16H19N3O/c1-12(14-6-4-10-18-11-14)19-16(20)15-7-3-2-5-13(15)8-9-17/h2-7,10-12H,8-9,17H2,1H3,(H,19,20)/t12-/m1/s1. The molecule has 1 heterocycles. The number of carbonyl (C=O) groups is 1. The van der Waals surface area contributed by atoms with Crippen LogP contribution in [-0.2, 0) is 6.42 Å². The zero-order valence-corrected chi connectivity index (χ0v) is 11.5. The van der Waals surface area contributed by atoms with Gasteiger partial charge in [0.05, 0.1) is 6.04 Å². The normalized spacial score (nSPS) is 11.9. The van der Waals surface area contributed by atoms with E-state index in [0.29, 0.717) is 18.5 Å². The quantitative estimate of drug-likeness (QED) is 0.873. The first-order valence-corrected chi connectivity index (χ1v) is 6.71. The number of hydrogen-bond donors (Lipinski definition) is 2. The van der Waals surface area contributed by atoms with Crippen LogP contribution in [0, 0.1) is 0 Å². The molecule has 2 aromatic rings. The number of benzene rings is 1. The van der Waals surface area contributed by atoms with Crippen molar-refractivity contribution in [2.75, 3.05) is 6.54 Å². The smallest absolute Gasteiger partial charge is 0.252 e. The first kappa shape index (κ1) is 14.2. The number of nitrogens with one attached hydrogen (secondary N) is 1. The lowest BCUT2D eigenvalue weighted by Crippen LogP contribution is -2.27. The fourth-order valence-electron chi connectivity index (χ4n) is 2.11. The van der Waals surface area contributed by atoms with E-state index in [2.05, 4.69) is 10.3 Å². The Morgan fingerprint density at radius 2 is 2.10 bits per heavy atom. The molecule has 0 bridgehead atoms. The molecule has 0 aliphatic heterocycles. The summed E-state index contributed by atoms with van der Waals surface area (Å²) < 4.78 is 0. The van der Waals surface area contributed by atoms with Crippen molar-refractivity contribution in [1.82, 2.24) is 10.3 Å². The predicted octanol–water partition coefficient (Wildman–Crippen LogP) is 2.07. The average Bonchev–Trinajstić information content (AvgIpc) is 2.49. The second kappa shape index (κ2) is 6.82. The molecule has 0 unspecified atom stereocenters. The summed E-state index contributed by atoms with van der Waals surface area (Å²) in [5.41, 5.74) is 8.23. The summed E-state index contributed by atoms with van der Waals surface area (Å²) in [6, 6.07) is 11.3. The lowest BCUT2D eigenvalue weighted by atomic mass is 10.0. The molecule has 4 heteroatoms. The van der Waals surface area contributed by atoms with Crippen molar-refractivity contribution >= 4 is 5.91 Å². The van der Waals surface area contributed by atoms with Crippen LogP contribution in [0.15, 0.2) is 48.8 Å². The summed E-state index contributed by atoms with van der Waals surface area (Å²) >= 11 is 0. The van der Waals surface area contributed by atoms with Crippen molar-refractivity contribution in [3.05, 3.63) is 65.5 Å². The van der Waals surface area contributed by atoms with Crippen LogP contribution in [0.2, 0.25) is 0 Å². The van der Waals surface area contributed by atoms with Crippen LogP contribution in [0.25, 0.3) is 0 Å². The molecule has 20 heavy (non-hydrogen) atoms. The van der Waals surface area contributed by atoms with E-state index in [-0.39, 0.29) is 11.9 Å². The van der Waals surface area contributed by atoms with E-state index in [1.54, 1.807) is 12.4 Å². The minimum absolute atomic E-state index is 0.0783. The third-order valence-electron chi connectivity index (χ3n) is 3.21. The van der Waals surface area contributed by atoms with Crippen molar-refractivity contribution in [3.63, 3.8) is 0 Å². The minimum Gasteiger partial charge on any atom is -0.345 e. The van der Waals surface area contributed by atoms with Crippen molar-refractivity contribution in [2.24, 2.45) is 5.73 Å². The lowest BCUT2D eigenvalue weighted by molar-refractivity contribution is 0.0939. The number of hydrogen-bond acceptors (Lipinski definition) is 3. The Labute approximate surface area is 119 Å². The molecule has 0 spiro atoms. The SMILES string of the molecule is C[C@@H](NC(=O)c1ccccc1CCN)c1cccnc1. The summed E-state index contributed by atoms with van der Waals surface area (Å²) in [6.07, 6.45) is 4.18. The monoisotopic (exact) mass is 269 g/mol. The van der Waals surface area contributed by atoms with Gasteiger partial charge in [-0.1, -0.05) is 24.3 Å². The fourth-order valence-corrected chi connectivity index (χ4v) is 2.11. The van der Waals surface area contributed by atoms with Gasteiger partial charge in [0.1, 0.15) is 0 Å². The van der Waals surface area contributed by atoms with Crippen LogP contribution >= 0.6 is 0 Å². The van der Waals surface area contributed by atoms with Crippen molar-refractivity contribution in [2.45, 2.75) is 19.4 Å². The van der Waals surface area contributed by atoms with Crippen LogP contribution in [0.5, 0.6) is 0 Å². The third-order valence-corrected chi connectivity index (χ3v) is 3.21. The van der Waals surface area contributed by atoms with Crippen LogP contribution in [0.4, 0.5) is 0 Å². The molecule has 0 radical (unpaired) electrons. The predicted molar refractivity (Wildman–Crippen MR) is 79.3 cm³/mol. The molecule has 4 nitrogen and oxygen atoms in total. The highest BCUT2D eigenvalue weighted by molar-refractivity contribution is 5.95. The number of rotatable bonds is 5. The Kier molecular flexibility index (Phi) is 4.85. The number of amides is 1. The van der Waals surface area contributed by atoms with Gasteiger partial charge in [0, 0.05) is 18.0 Å². The number of nitrogens with two attached hydrogens (primary N) is 1. The van der Waals surface area contributed by atoms with E-state index in [0.717, 1.165) is 11.1 Å². The number of aromatic nitrogens is 1. The highest BCUT2D eigenvalue weighted by Gasteiger charge is 2.14. The van der Waals surface area contributed by atoms with E-state index in [1.807, 2.05) is 43.3 Å². The third kappa shape index (κ3) is 3.42. The minimum atomic E-state index is -0.0814. The van der Waals surface area contributed by atoms with Gasteiger partial charge in [0.2, 0.25) is 0 Å². The fraction of sp³-hybridized carbons (Fsp3) is 0.250. The zero-order valence-electron chi connectivity index (χ0n) is 11.5. The van der Waals surface area contributed by atoms with E-state index < -0.39 is 0 Å². The number of pyridine rings is 1. The topological polar surface area (TPSA) is 68.0 Å². The van der Waals surface area contributed by atoms with E-state index >= 15 is 0 Å². The number of carbonyl (C=O) groups excluding carboxylic acids is 1. The molecule has 1 amide bonds. The summed E-state index contributed by atoms with van der Waals surface area (Å²) in [5, 5.41) is 2.99. The van der Waals surface area contributed by atoms with E-state index in [4.69, 9.17) is 5.73 Å². The number of nitrogens with zero attached hydrogens (tertiary/aromatic N) is 1. The van der Waals surface area contributed by atoms with E-state index in [1.165, 1.54) is 0 Å². The molecule has 0 saturated heterocycles. The first-order chi connectivity index (χ1) is 9.72. The molecule has 1 aromatic heterocycles. The molecule has 0 fully saturated rings. The van der Waals surface area contributed by atoms with Crippen LogP contribution in [-0.4, -0.2) is 17.4 Å². The van der Waals surface area contributed by atoms with Crippen LogP contribution < -0.4 is 11.1 Å². The molecule has 2 rings (SSSR count). The average molecular weight is 269 g/mol. The first-order valence-electron chi connectivity index (χ1n) is 6.71. The molecule has 104 valence electrons. The summed E-state index contributed by atoms with van der Waals surface area (Å²) in [4.78, 5) is 16.4. The van der Waals surface area contributed by atoms with Crippen LogP contribution in [0.1, 0.15) is 34.5 Å². The molecule has 1 aromatic carbocycles. The Bertz CT molecular complexity index is 569. The Morgan fingerprint density at radius 1 is 1.30 bits per heavy atom. The molecule has 0 aliphatic rings. The summed E-state index contributed by atoms with van der Waals surface area (Å²) in [5.74, 6) is -0.0783. The van der Waals surface area contributed by atoms with Gasteiger partial charge >= 0.3 is 0 Å². The van der Waals surface area contributed by atoms with Gasteiger partial charge in [-0.2, -0.15) is 0 Å². The highest BCUT2D eigenvalue weighted by Crippen LogP contribution is 2.14. The van der Waals surface area contributed by atoms with Crippen LogP contribution in [0.3, 0.4) is 0 Å². The second-order valence-corrected chi connectivity index (χ2v) is 4.68. The molecule has 0 saturated carbocycles. The van der Waals surface area contributed by atoms with Crippen molar-refractivity contribution in [1.29, 1.82) is 0 Å². The Hall–Kier alpha value is -2.20. The van der Waals surface area contributed by atoms with Crippen molar-refractivity contribution in [3.8, 4) is 0 Å². The maximum Gasteiger partial charge on any atom is 0.252 e. The van der Waals surface area contributed by atoms with Gasteiger partial charge in [0.25, 0.3) is 5.91 Å².